The Hall–Kier alpha value is -3.51. The molecule has 3 fully saturated rings. The van der Waals surface area contributed by atoms with Crippen molar-refractivity contribution in [2.24, 2.45) is 33.8 Å². The van der Waals surface area contributed by atoms with Gasteiger partial charge in [-0.05, 0) is 40.9 Å². The topological polar surface area (TPSA) is 188 Å². The highest BCUT2D eigenvalue weighted by Gasteiger charge is 2.70. The van der Waals surface area contributed by atoms with E-state index in [9.17, 15) is 33.6 Å². The first-order valence-electron chi connectivity index (χ1n) is 16.5. The highest BCUT2D eigenvalue weighted by atomic mass is 16.2. The van der Waals surface area contributed by atoms with Crippen molar-refractivity contribution >= 4 is 41.4 Å². The largest absolute Gasteiger partial charge is 0.363 e. The fraction of sp³-hybridized carbons (Fsp3) is 0.788. The third-order valence-corrected chi connectivity index (χ3v) is 9.97. The van der Waals surface area contributed by atoms with Gasteiger partial charge in [-0.2, -0.15) is 0 Å². The number of carbonyl (C=O) groups is 7. The van der Waals surface area contributed by atoms with E-state index in [2.05, 4.69) is 16.0 Å². The van der Waals surface area contributed by atoms with Gasteiger partial charge in [0.2, 0.25) is 29.4 Å². The fourth-order valence-electron chi connectivity index (χ4n) is 6.79. The van der Waals surface area contributed by atoms with Crippen molar-refractivity contribution in [3.05, 3.63) is 0 Å². The fourth-order valence-corrected chi connectivity index (χ4v) is 6.79. The highest BCUT2D eigenvalue weighted by molar-refractivity contribution is 6.37. The van der Waals surface area contributed by atoms with Crippen LogP contribution in [-0.2, 0) is 28.8 Å². The molecular weight excluding hydrogens is 592 g/mol. The number of likely N-dealkylation sites (tertiary alicyclic amines) is 2. The number of imide groups is 1. The van der Waals surface area contributed by atoms with E-state index >= 15 is 0 Å². The summed E-state index contributed by atoms with van der Waals surface area (Å²) in [6.07, 6.45) is 2.64. The first kappa shape index (κ1) is 37.0. The maximum Gasteiger partial charge on any atom is 0.315 e. The normalized spacial score (nSPS) is 24.4. The van der Waals surface area contributed by atoms with E-state index in [0.717, 1.165) is 6.42 Å². The van der Waals surface area contributed by atoms with Gasteiger partial charge in [0.1, 0.15) is 12.1 Å². The first-order valence-corrected chi connectivity index (χ1v) is 16.5. The lowest BCUT2D eigenvalue weighted by Crippen LogP contribution is -2.63. The second-order valence-electron chi connectivity index (χ2n) is 15.9. The third kappa shape index (κ3) is 8.06. The van der Waals surface area contributed by atoms with Crippen molar-refractivity contribution in [3.8, 4) is 0 Å². The number of Topliss-reactive ketones (excluding diaryl/α,β-unsaturated/α-hetero) is 1. The molecule has 0 aromatic rings. The van der Waals surface area contributed by atoms with Crippen LogP contribution in [0, 0.1) is 28.1 Å². The molecule has 2 saturated heterocycles. The monoisotopic (exact) mass is 646 g/mol. The van der Waals surface area contributed by atoms with E-state index < -0.39 is 64.5 Å². The van der Waals surface area contributed by atoms with Crippen LogP contribution in [0.4, 0.5) is 4.79 Å². The number of hydrogen-bond donors (Lipinski definition) is 4. The molecule has 13 nitrogen and oxygen atoms in total. The lowest BCUT2D eigenvalue weighted by atomic mass is 9.84. The summed E-state index contributed by atoms with van der Waals surface area (Å²) in [5.41, 5.74) is 3.76. The van der Waals surface area contributed by atoms with Gasteiger partial charge in [-0.1, -0.05) is 75.2 Å². The number of amides is 7. The quantitative estimate of drug-likeness (QED) is 0.184. The average molecular weight is 647 g/mol. The van der Waals surface area contributed by atoms with Crippen molar-refractivity contribution in [3.63, 3.8) is 0 Å². The van der Waals surface area contributed by atoms with E-state index in [1.807, 2.05) is 62.3 Å². The zero-order chi connectivity index (χ0) is 34.9. The number of rotatable bonds is 12. The molecule has 7 amide bonds. The van der Waals surface area contributed by atoms with E-state index in [1.165, 1.54) is 9.80 Å². The summed E-state index contributed by atoms with van der Waals surface area (Å²) in [7, 11) is 0. The number of nitrogens with zero attached hydrogens (tertiary/aromatic N) is 2. The first-order chi connectivity index (χ1) is 21.1. The summed E-state index contributed by atoms with van der Waals surface area (Å²) in [5.74, 6) is -3.63. The molecule has 258 valence electrons. The second kappa shape index (κ2) is 13.7. The Kier molecular flexibility index (Phi) is 11.0. The van der Waals surface area contributed by atoms with Crippen molar-refractivity contribution < 1.29 is 33.6 Å². The number of nitrogens with one attached hydrogen (secondary N) is 3. The van der Waals surface area contributed by atoms with Gasteiger partial charge in [-0.15, -0.1) is 0 Å². The van der Waals surface area contributed by atoms with Crippen LogP contribution in [-0.4, -0.2) is 88.4 Å². The lowest BCUT2D eigenvalue weighted by Gasteiger charge is -2.39. The Labute approximate surface area is 272 Å². The summed E-state index contributed by atoms with van der Waals surface area (Å²) in [6.45, 7) is 17.4. The van der Waals surface area contributed by atoms with Crippen molar-refractivity contribution in [1.29, 1.82) is 0 Å². The van der Waals surface area contributed by atoms with E-state index in [1.54, 1.807) is 0 Å². The molecule has 1 aliphatic carbocycles. The second-order valence-corrected chi connectivity index (χ2v) is 15.9. The average Bonchev–Trinajstić information content (AvgIpc) is 3.25. The summed E-state index contributed by atoms with van der Waals surface area (Å²) in [5, 5.41) is 8.45. The highest BCUT2D eigenvalue weighted by Crippen LogP contribution is 2.65. The molecule has 0 spiro atoms. The van der Waals surface area contributed by atoms with Gasteiger partial charge >= 0.3 is 6.03 Å². The smallest absolute Gasteiger partial charge is 0.315 e. The van der Waals surface area contributed by atoms with E-state index in [4.69, 9.17) is 5.73 Å². The Morgan fingerprint density at radius 1 is 0.935 bits per heavy atom. The number of ketones is 1. The predicted molar refractivity (Wildman–Crippen MR) is 171 cm³/mol. The van der Waals surface area contributed by atoms with Gasteiger partial charge in [0.05, 0.1) is 12.1 Å². The Morgan fingerprint density at radius 2 is 1.52 bits per heavy atom. The Morgan fingerprint density at radius 3 is 2.02 bits per heavy atom. The van der Waals surface area contributed by atoms with Gasteiger partial charge in [-0.3, -0.25) is 33.7 Å². The molecule has 5 N–H and O–H groups in total. The molecule has 0 bridgehead atoms. The maximum absolute atomic E-state index is 14.3. The molecule has 0 aromatic heterocycles. The van der Waals surface area contributed by atoms with Crippen LogP contribution in [0.25, 0.3) is 0 Å². The maximum atomic E-state index is 14.3. The molecule has 1 unspecified atom stereocenters. The van der Waals surface area contributed by atoms with Crippen LogP contribution >= 0.6 is 0 Å². The minimum Gasteiger partial charge on any atom is -0.363 e. The van der Waals surface area contributed by atoms with Crippen LogP contribution < -0.4 is 21.7 Å². The van der Waals surface area contributed by atoms with Crippen LogP contribution in [0.5, 0.6) is 0 Å². The number of primary amides is 1. The van der Waals surface area contributed by atoms with Crippen molar-refractivity contribution in [1.82, 2.24) is 25.8 Å². The molecule has 2 heterocycles. The third-order valence-electron chi connectivity index (χ3n) is 9.97. The number of nitrogens with two attached hydrogens (primary N) is 1. The number of unbranched alkanes of at least 4 members (excludes halogenated alkanes) is 1. The van der Waals surface area contributed by atoms with Crippen LogP contribution in [0.2, 0.25) is 0 Å². The Bertz CT molecular complexity index is 1230. The van der Waals surface area contributed by atoms with Gasteiger partial charge in [0, 0.05) is 25.9 Å². The molecule has 13 heteroatoms. The summed E-state index contributed by atoms with van der Waals surface area (Å²) < 4.78 is 0. The van der Waals surface area contributed by atoms with Crippen LogP contribution in [0.1, 0.15) is 101 Å². The number of fused-ring (bicyclic) bond motifs is 1. The SMILES string of the molecule is CCCCC(NC(=O)[C@@H]1[C@@H]2[C@H](CN1C(=O)[C@@H](NC(=O)N[C@H](CN1C(=O)CCCC1=O)C(C)(C)C)C(C)(C)C)C2(C)C)C(=O)C(N)=O. The molecular formula is C33H54N6O7. The summed E-state index contributed by atoms with van der Waals surface area (Å²) >= 11 is 0. The number of hydrogen-bond acceptors (Lipinski definition) is 7. The molecule has 2 aliphatic heterocycles. The molecule has 3 aliphatic rings. The minimum atomic E-state index is -1.13. The molecule has 6 atom stereocenters. The van der Waals surface area contributed by atoms with Gasteiger partial charge in [-0.25, -0.2) is 4.79 Å². The molecule has 46 heavy (non-hydrogen) atoms. The molecule has 1 saturated carbocycles. The van der Waals surface area contributed by atoms with E-state index in [0.29, 0.717) is 19.4 Å². The van der Waals surface area contributed by atoms with Crippen molar-refractivity contribution in [2.75, 3.05) is 13.1 Å². The lowest BCUT2D eigenvalue weighted by molar-refractivity contribution is -0.148. The number of carbonyl (C=O) groups excluding carboxylic acids is 7. The standard InChI is InChI=1S/C33H54N6O7/c1-10-11-13-19(25(42)27(34)43)35-28(44)24-23-18(33(23,8)9)16-39(24)29(45)26(32(5,6)7)37-30(46)36-20(31(2,3)4)17-38-21(40)14-12-15-22(38)41/h18-20,23-24,26H,10-17H2,1-9H3,(H2,34,43)(H,35,44)(H2,36,37,46)/t18-,19?,20+,23-,24-,26+/m0/s1. The predicted octanol–water partition coefficient (Wildman–Crippen LogP) is 1.87. The molecule has 0 radical (unpaired) electrons. The van der Waals surface area contributed by atoms with Crippen molar-refractivity contribution in [2.45, 2.75) is 125 Å². The minimum absolute atomic E-state index is 0.0127. The summed E-state index contributed by atoms with van der Waals surface area (Å²) in [4.78, 5) is 93.6. The van der Waals surface area contributed by atoms with E-state index in [-0.39, 0.29) is 54.9 Å². The zero-order valence-electron chi connectivity index (χ0n) is 29.0. The molecule has 3 rings (SSSR count). The molecule has 0 aromatic carbocycles. The number of piperidine rings is 2. The van der Waals surface area contributed by atoms with Gasteiger partial charge in [0.25, 0.3) is 5.91 Å². The van der Waals surface area contributed by atoms with Gasteiger partial charge < -0.3 is 26.6 Å². The number of urea groups is 1. The van der Waals surface area contributed by atoms with Gasteiger partial charge in [0.15, 0.2) is 0 Å². The Balaban J connectivity index is 1.82. The van der Waals surface area contributed by atoms with Crippen LogP contribution in [0.15, 0.2) is 0 Å². The zero-order valence-corrected chi connectivity index (χ0v) is 29.0. The van der Waals surface area contributed by atoms with Crippen LogP contribution in [0.3, 0.4) is 0 Å². The summed E-state index contributed by atoms with van der Waals surface area (Å²) in [6, 6.07) is -4.26.